The van der Waals surface area contributed by atoms with Crippen molar-refractivity contribution in [1.29, 1.82) is 0 Å². The minimum atomic E-state index is 0.866. The van der Waals surface area contributed by atoms with Gasteiger partial charge in [0.05, 0.1) is 16.9 Å². The molecule has 0 saturated heterocycles. The smallest absolute Gasteiger partial charge is 0.0866 e. The van der Waals surface area contributed by atoms with E-state index in [0.29, 0.717) is 0 Å². The van der Waals surface area contributed by atoms with E-state index in [-0.39, 0.29) is 0 Å². The van der Waals surface area contributed by atoms with Crippen molar-refractivity contribution in [2.75, 3.05) is 5.73 Å². The third-order valence-corrected chi connectivity index (χ3v) is 3.47. The van der Waals surface area contributed by atoms with Gasteiger partial charge in [-0.05, 0) is 25.0 Å². The van der Waals surface area contributed by atoms with Gasteiger partial charge < -0.3 is 5.73 Å². The van der Waals surface area contributed by atoms with Crippen LogP contribution in [0.25, 0.3) is 11.3 Å². The molecule has 2 N–H and O–H groups in total. The Balaban J connectivity index is 2.62. The number of rotatable bonds is 2. The van der Waals surface area contributed by atoms with Crippen molar-refractivity contribution in [3.63, 3.8) is 0 Å². The molecule has 0 fully saturated rings. The maximum Gasteiger partial charge on any atom is 0.0866 e. The van der Waals surface area contributed by atoms with Gasteiger partial charge in [0, 0.05) is 17.5 Å². The van der Waals surface area contributed by atoms with Gasteiger partial charge in [0.25, 0.3) is 0 Å². The van der Waals surface area contributed by atoms with Gasteiger partial charge in [0.15, 0.2) is 0 Å². The fourth-order valence-corrected chi connectivity index (χ4v) is 2.63. The van der Waals surface area contributed by atoms with Gasteiger partial charge in [-0.15, -0.1) is 11.3 Å². The van der Waals surface area contributed by atoms with Crippen LogP contribution in [-0.2, 0) is 13.5 Å². The highest BCUT2D eigenvalue weighted by atomic mass is 32.1. The van der Waals surface area contributed by atoms with Gasteiger partial charge in [0.2, 0.25) is 0 Å². The summed E-state index contributed by atoms with van der Waals surface area (Å²) in [6.07, 6.45) is 2.93. The van der Waals surface area contributed by atoms with E-state index in [2.05, 4.69) is 18.9 Å². The number of nitrogens with zero attached hydrogens (tertiary/aromatic N) is 2. The van der Waals surface area contributed by atoms with E-state index in [1.165, 1.54) is 21.7 Å². The highest BCUT2D eigenvalue weighted by molar-refractivity contribution is 7.16. The predicted octanol–water partition coefficient (Wildman–Crippen LogP) is 2.60. The van der Waals surface area contributed by atoms with Crippen LogP contribution in [0, 0.1) is 6.92 Å². The number of nitrogens with two attached hydrogens (primary N) is 1. The molecule has 4 heteroatoms. The second-order valence-corrected chi connectivity index (χ2v) is 4.90. The van der Waals surface area contributed by atoms with Gasteiger partial charge in [0.1, 0.15) is 0 Å². The van der Waals surface area contributed by atoms with Crippen LogP contribution in [0.4, 0.5) is 5.00 Å². The standard InChI is InChI=1S/C11H15N3S/c1-4-8-6-13-14(3)11(8)9-5-10(12)15-7(9)2/h5-6H,4,12H2,1-3H3. The SMILES string of the molecule is CCc1cnn(C)c1-c1cc(N)sc1C. The lowest BCUT2D eigenvalue weighted by Crippen LogP contribution is -1.95. The lowest BCUT2D eigenvalue weighted by atomic mass is 10.1. The molecule has 0 unspecified atom stereocenters. The topological polar surface area (TPSA) is 43.8 Å². The minimum absolute atomic E-state index is 0.866. The van der Waals surface area contributed by atoms with Crippen LogP contribution in [-0.4, -0.2) is 9.78 Å². The number of hydrogen-bond donors (Lipinski definition) is 1. The Labute approximate surface area is 93.5 Å². The van der Waals surface area contributed by atoms with Crippen LogP contribution < -0.4 is 5.73 Å². The maximum atomic E-state index is 5.82. The van der Waals surface area contributed by atoms with E-state index >= 15 is 0 Å². The first kappa shape index (κ1) is 10.2. The van der Waals surface area contributed by atoms with Crippen molar-refractivity contribution in [1.82, 2.24) is 9.78 Å². The number of nitrogen functional groups attached to an aromatic ring is 1. The van der Waals surface area contributed by atoms with Gasteiger partial charge in [-0.25, -0.2) is 0 Å². The van der Waals surface area contributed by atoms with Gasteiger partial charge in [-0.2, -0.15) is 5.10 Å². The second kappa shape index (κ2) is 3.70. The lowest BCUT2D eigenvalue weighted by molar-refractivity contribution is 0.775. The quantitative estimate of drug-likeness (QED) is 0.847. The number of aromatic nitrogens is 2. The number of aryl methyl sites for hydroxylation is 3. The molecule has 0 atom stereocenters. The number of thiophene rings is 1. The van der Waals surface area contributed by atoms with Gasteiger partial charge in [-0.3, -0.25) is 4.68 Å². The van der Waals surface area contributed by atoms with Crippen molar-refractivity contribution in [3.8, 4) is 11.3 Å². The molecule has 0 radical (unpaired) electrons. The zero-order valence-corrected chi connectivity index (χ0v) is 10.1. The monoisotopic (exact) mass is 221 g/mol. The Hall–Kier alpha value is -1.29. The first-order valence-electron chi connectivity index (χ1n) is 5.00. The van der Waals surface area contributed by atoms with E-state index in [0.717, 1.165) is 11.4 Å². The normalized spacial score (nSPS) is 10.9. The highest BCUT2D eigenvalue weighted by Gasteiger charge is 2.13. The largest absolute Gasteiger partial charge is 0.391 e. The lowest BCUT2D eigenvalue weighted by Gasteiger charge is -2.03. The fourth-order valence-electron chi connectivity index (χ4n) is 1.83. The third-order valence-electron chi connectivity index (χ3n) is 2.59. The minimum Gasteiger partial charge on any atom is -0.391 e. The Morgan fingerprint density at radius 3 is 2.80 bits per heavy atom. The molecule has 15 heavy (non-hydrogen) atoms. The summed E-state index contributed by atoms with van der Waals surface area (Å²) in [6, 6.07) is 2.04. The summed E-state index contributed by atoms with van der Waals surface area (Å²) >= 11 is 1.63. The summed E-state index contributed by atoms with van der Waals surface area (Å²) in [5, 5.41) is 5.16. The number of hydrogen-bond acceptors (Lipinski definition) is 3. The second-order valence-electron chi connectivity index (χ2n) is 3.61. The van der Waals surface area contributed by atoms with E-state index in [1.54, 1.807) is 11.3 Å². The molecule has 0 spiro atoms. The van der Waals surface area contributed by atoms with Crippen molar-refractivity contribution in [2.45, 2.75) is 20.3 Å². The molecule has 0 saturated carbocycles. The molecule has 2 heterocycles. The van der Waals surface area contributed by atoms with Gasteiger partial charge in [-0.1, -0.05) is 6.92 Å². The summed E-state index contributed by atoms with van der Waals surface area (Å²) < 4.78 is 1.92. The molecule has 2 aromatic heterocycles. The fraction of sp³-hybridized carbons (Fsp3) is 0.364. The van der Waals surface area contributed by atoms with Crippen molar-refractivity contribution >= 4 is 16.3 Å². The first-order valence-corrected chi connectivity index (χ1v) is 5.82. The first-order chi connectivity index (χ1) is 7.13. The molecule has 2 rings (SSSR count). The zero-order valence-electron chi connectivity index (χ0n) is 9.24. The van der Waals surface area contributed by atoms with E-state index in [9.17, 15) is 0 Å². The van der Waals surface area contributed by atoms with Crippen LogP contribution in [0.5, 0.6) is 0 Å². The average Bonchev–Trinajstić information content (AvgIpc) is 2.69. The zero-order chi connectivity index (χ0) is 11.0. The van der Waals surface area contributed by atoms with Crippen LogP contribution in [0.3, 0.4) is 0 Å². The summed E-state index contributed by atoms with van der Waals surface area (Å²) in [6.45, 7) is 4.24. The Bertz CT molecular complexity index is 482. The highest BCUT2D eigenvalue weighted by Crippen LogP contribution is 2.34. The average molecular weight is 221 g/mol. The summed E-state index contributed by atoms with van der Waals surface area (Å²) in [5.41, 5.74) is 9.51. The van der Waals surface area contributed by atoms with E-state index < -0.39 is 0 Å². The molecule has 0 aliphatic heterocycles. The maximum absolute atomic E-state index is 5.82. The number of anilines is 1. The molecule has 0 aliphatic carbocycles. The van der Waals surface area contributed by atoms with Crippen LogP contribution in [0.2, 0.25) is 0 Å². The van der Waals surface area contributed by atoms with Crippen molar-refractivity contribution in [2.24, 2.45) is 7.05 Å². The Kier molecular flexibility index (Phi) is 2.52. The van der Waals surface area contributed by atoms with Crippen molar-refractivity contribution in [3.05, 3.63) is 22.7 Å². The Morgan fingerprint density at radius 1 is 1.53 bits per heavy atom. The molecular formula is C11H15N3S. The summed E-state index contributed by atoms with van der Waals surface area (Å²) in [4.78, 5) is 1.26. The van der Waals surface area contributed by atoms with Crippen LogP contribution in [0.15, 0.2) is 12.3 Å². The summed E-state index contributed by atoms with van der Waals surface area (Å²) in [7, 11) is 1.97. The van der Waals surface area contributed by atoms with E-state index in [1.807, 2.05) is 24.0 Å². The van der Waals surface area contributed by atoms with Gasteiger partial charge >= 0.3 is 0 Å². The molecule has 0 aliphatic rings. The Morgan fingerprint density at radius 2 is 2.27 bits per heavy atom. The van der Waals surface area contributed by atoms with E-state index in [4.69, 9.17) is 5.73 Å². The van der Waals surface area contributed by atoms with Crippen molar-refractivity contribution < 1.29 is 0 Å². The third kappa shape index (κ3) is 1.65. The molecule has 80 valence electrons. The molecule has 2 aromatic rings. The summed E-state index contributed by atoms with van der Waals surface area (Å²) in [5.74, 6) is 0. The molecule has 3 nitrogen and oxygen atoms in total. The van der Waals surface area contributed by atoms with Crippen LogP contribution in [0.1, 0.15) is 17.4 Å². The van der Waals surface area contributed by atoms with Crippen LogP contribution >= 0.6 is 11.3 Å². The molecule has 0 amide bonds. The predicted molar refractivity (Wildman–Crippen MR) is 65.0 cm³/mol. The molecule has 0 bridgehead atoms. The molecular weight excluding hydrogens is 206 g/mol. The molecule has 0 aromatic carbocycles.